The van der Waals surface area contributed by atoms with Crippen LogP contribution in [0.3, 0.4) is 0 Å². The van der Waals surface area contributed by atoms with Crippen molar-refractivity contribution in [2.75, 3.05) is 32.5 Å². The van der Waals surface area contributed by atoms with Crippen molar-refractivity contribution < 1.29 is 24.1 Å². The van der Waals surface area contributed by atoms with Gasteiger partial charge in [-0.2, -0.15) is 0 Å². The third-order valence-electron chi connectivity index (χ3n) is 7.33. The van der Waals surface area contributed by atoms with Crippen LogP contribution in [0.15, 0.2) is 59.6 Å². The molecule has 0 bridgehead atoms. The van der Waals surface area contributed by atoms with Gasteiger partial charge in [-0.3, -0.25) is 9.78 Å². The Labute approximate surface area is 221 Å². The van der Waals surface area contributed by atoms with Crippen molar-refractivity contribution in [1.82, 2.24) is 9.88 Å². The van der Waals surface area contributed by atoms with Crippen LogP contribution in [-0.2, 0) is 4.79 Å². The molecule has 4 rings (SSSR count). The minimum atomic E-state index is -0.769. The summed E-state index contributed by atoms with van der Waals surface area (Å²) in [6.45, 7) is 2.68. The summed E-state index contributed by atoms with van der Waals surface area (Å²) >= 11 is 1.64. The Morgan fingerprint density at radius 2 is 2.08 bits per heavy atom. The number of nitrogens with zero attached hydrogens (tertiary/aromatic N) is 2. The van der Waals surface area contributed by atoms with Crippen molar-refractivity contribution in [3.63, 3.8) is 0 Å². The van der Waals surface area contributed by atoms with Crippen LogP contribution in [0.5, 0.6) is 5.75 Å². The average molecular weight is 527 g/mol. The Morgan fingerprint density at radius 1 is 1.22 bits per heavy atom. The first-order valence-electron chi connectivity index (χ1n) is 12.9. The maximum atomic E-state index is 13.4. The first-order chi connectivity index (χ1) is 17.9. The third-order valence-corrected chi connectivity index (χ3v) is 8.30. The summed E-state index contributed by atoms with van der Waals surface area (Å²) in [7, 11) is 1.62. The highest BCUT2D eigenvalue weighted by Crippen LogP contribution is 2.35. The van der Waals surface area contributed by atoms with Crippen molar-refractivity contribution in [1.29, 1.82) is 0 Å². The second kappa shape index (κ2) is 13.2. The fraction of sp³-hybridized carbons (Fsp3) is 0.448. The molecule has 0 spiro atoms. The molecular weight excluding hydrogens is 491 g/mol. The lowest BCUT2D eigenvalue weighted by Gasteiger charge is -2.39. The Bertz CT molecular complexity index is 1190. The van der Waals surface area contributed by atoms with Gasteiger partial charge in [-0.25, -0.2) is 4.39 Å². The number of ether oxygens (including phenoxy) is 1. The number of hydrogen-bond acceptors (Lipinski definition) is 6. The van der Waals surface area contributed by atoms with Crippen LogP contribution in [0.25, 0.3) is 10.9 Å². The molecule has 3 atom stereocenters. The van der Waals surface area contributed by atoms with Gasteiger partial charge in [0.1, 0.15) is 11.6 Å². The number of fused-ring (bicyclic) bond motifs is 1. The number of benzene rings is 2. The number of rotatable bonds is 12. The highest BCUT2D eigenvalue weighted by molar-refractivity contribution is 7.99. The highest BCUT2D eigenvalue weighted by Gasteiger charge is 2.30. The fourth-order valence-electron chi connectivity index (χ4n) is 5.32. The molecule has 198 valence electrons. The molecular formula is C29H35FN2O4S. The Morgan fingerprint density at radius 3 is 2.86 bits per heavy atom. The number of carbonyl (C=O) groups is 1. The van der Waals surface area contributed by atoms with Gasteiger partial charge in [-0.1, -0.05) is 6.07 Å². The second-order valence-electron chi connectivity index (χ2n) is 9.72. The summed E-state index contributed by atoms with van der Waals surface area (Å²) in [5.41, 5.74) is 1.67. The molecule has 1 fully saturated rings. The number of carboxylic acids is 1. The van der Waals surface area contributed by atoms with Gasteiger partial charge in [-0.15, -0.1) is 11.8 Å². The number of pyridine rings is 1. The molecule has 2 N–H and O–H groups in total. The average Bonchev–Trinajstić information content (AvgIpc) is 2.90. The van der Waals surface area contributed by atoms with Crippen molar-refractivity contribution >= 4 is 28.6 Å². The number of aliphatic hydroxyl groups excluding tert-OH is 1. The number of thioether (sulfide) groups is 1. The van der Waals surface area contributed by atoms with Crippen LogP contribution in [0.4, 0.5) is 4.39 Å². The fourth-order valence-corrected chi connectivity index (χ4v) is 6.27. The maximum absolute atomic E-state index is 13.4. The zero-order valence-electron chi connectivity index (χ0n) is 21.2. The molecule has 1 unspecified atom stereocenters. The Kier molecular flexibility index (Phi) is 9.77. The predicted octanol–water partition coefficient (Wildman–Crippen LogP) is 5.79. The number of carboxylic acid groups (broad SMARTS) is 1. The molecule has 0 saturated carbocycles. The van der Waals surface area contributed by atoms with E-state index in [0.29, 0.717) is 18.8 Å². The summed E-state index contributed by atoms with van der Waals surface area (Å²) in [6, 6.07) is 14.2. The van der Waals surface area contributed by atoms with E-state index in [1.165, 1.54) is 6.07 Å². The minimum Gasteiger partial charge on any atom is -0.497 e. The maximum Gasteiger partial charge on any atom is 0.303 e. The van der Waals surface area contributed by atoms with E-state index in [2.05, 4.69) is 9.88 Å². The molecule has 0 aliphatic carbocycles. The van der Waals surface area contributed by atoms with Gasteiger partial charge in [0.25, 0.3) is 0 Å². The number of aliphatic carboxylic acids is 1. The number of piperidine rings is 1. The van der Waals surface area contributed by atoms with Crippen molar-refractivity contribution in [3.05, 3.63) is 66.1 Å². The van der Waals surface area contributed by atoms with Gasteiger partial charge in [0.15, 0.2) is 0 Å². The quantitative estimate of drug-likeness (QED) is 0.289. The van der Waals surface area contributed by atoms with Crippen LogP contribution in [-0.4, -0.2) is 58.6 Å². The van der Waals surface area contributed by atoms with E-state index in [9.17, 15) is 19.4 Å². The van der Waals surface area contributed by atoms with Crippen LogP contribution in [0, 0.1) is 17.7 Å². The molecule has 3 aromatic rings. The van der Waals surface area contributed by atoms with Crippen LogP contribution in [0.1, 0.15) is 43.8 Å². The lowest BCUT2D eigenvalue weighted by atomic mass is 9.79. The lowest BCUT2D eigenvalue weighted by Crippen LogP contribution is -2.41. The SMILES string of the molecule is COc1ccc2nccc(C(O)CC[C@@H]3CCN(CCSc4cccc(F)c4)C[C@@H]3CCC(=O)O)c2c1. The van der Waals surface area contributed by atoms with Crippen LogP contribution < -0.4 is 4.74 Å². The summed E-state index contributed by atoms with van der Waals surface area (Å²) in [6.07, 6.45) is 4.32. The van der Waals surface area contributed by atoms with Gasteiger partial charge in [0.05, 0.1) is 18.7 Å². The summed E-state index contributed by atoms with van der Waals surface area (Å²) in [4.78, 5) is 19.0. The number of methoxy groups -OCH3 is 1. The van der Waals surface area contributed by atoms with Crippen molar-refractivity contribution in [2.24, 2.45) is 11.8 Å². The number of aliphatic hydroxyl groups is 1. The van der Waals surface area contributed by atoms with Gasteiger partial charge >= 0.3 is 5.97 Å². The van der Waals surface area contributed by atoms with E-state index in [-0.39, 0.29) is 18.2 Å². The second-order valence-corrected chi connectivity index (χ2v) is 10.9. The topological polar surface area (TPSA) is 82.9 Å². The first-order valence-corrected chi connectivity index (χ1v) is 13.8. The number of likely N-dealkylation sites (tertiary alicyclic amines) is 1. The van der Waals surface area contributed by atoms with E-state index in [4.69, 9.17) is 4.74 Å². The predicted molar refractivity (Wildman–Crippen MR) is 145 cm³/mol. The van der Waals surface area contributed by atoms with Gasteiger partial charge < -0.3 is 19.8 Å². The number of aromatic nitrogens is 1. The molecule has 37 heavy (non-hydrogen) atoms. The summed E-state index contributed by atoms with van der Waals surface area (Å²) in [5.74, 6) is 1.23. The molecule has 0 amide bonds. The molecule has 1 aromatic heterocycles. The largest absolute Gasteiger partial charge is 0.497 e. The highest BCUT2D eigenvalue weighted by atomic mass is 32.2. The zero-order valence-corrected chi connectivity index (χ0v) is 22.0. The van der Waals surface area contributed by atoms with Crippen LogP contribution in [0.2, 0.25) is 0 Å². The zero-order chi connectivity index (χ0) is 26.2. The standard InChI is InChI=1S/C29H35FN2O4S/c1-36-23-7-8-27-26(18-23)25(11-13-31-27)28(33)9-5-20-12-14-32(19-21(20)6-10-29(34)35)15-16-37-24-4-2-3-22(30)17-24/h2-4,7-8,11,13,17-18,20-21,28,33H,5-6,9-10,12,14-16,19H2,1H3,(H,34,35)/t20-,21+,28?/m1/s1. The van der Waals surface area contributed by atoms with Crippen molar-refractivity contribution in [2.45, 2.75) is 43.1 Å². The lowest BCUT2D eigenvalue weighted by molar-refractivity contribution is -0.137. The molecule has 0 radical (unpaired) electrons. The van der Waals surface area contributed by atoms with Gasteiger partial charge in [0, 0.05) is 41.7 Å². The molecule has 2 aromatic carbocycles. The summed E-state index contributed by atoms with van der Waals surface area (Å²) in [5, 5.41) is 21.3. The monoisotopic (exact) mass is 526 g/mol. The Hall–Kier alpha value is -2.68. The number of hydrogen-bond donors (Lipinski definition) is 2. The molecule has 8 heteroatoms. The van der Waals surface area contributed by atoms with Gasteiger partial charge in [0.2, 0.25) is 0 Å². The smallest absolute Gasteiger partial charge is 0.303 e. The first kappa shape index (κ1) is 27.4. The van der Waals surface area contributed by atoms with E-state index in [1.54, 1.807) is 37.2 Å². The third kappa shape index (κ3) is 7.66. The van der Waals surface area contributed by atoms with Crippen molar-refractivity contribution in [3.8, 4) is 5.75 Å². The Balaban J connectivity index is 1.35. The van der Waals surface area contributed by atoms with E-state index >= 15 is 0 Å². The van der Waals surface area contributed by atoms with E-state index in [1.807, 2.05) is 30.3 Å². The van der Waals surface area contributed by atoms with E-state index in [0.717, 1.165) is 65.3 Å². The van der Waals surface area contributed by atoms with Crippen LogP contribution >= 0.6 is 11.8 Å². The minimum absolute atomic E-state index is 0.157. The molecule has 1 aliphatic heterocycles. The normalized spacial score (nSPS) is 19.1. The molecule has 2 heterocycles. The molecule has 1 saturated heterocycles. The van der Waals surface area contributed by atoms with E-state index < -0.39 is 12.1 Å². The number of halogens is 1. The molecule has 6 nitrogen and oxygen atoms in total. The molecule has 1 aliphatic rings. The van der Waals surface area contributed by atoms with Gasteiger partial charge in [-0.05, 0) is 92.1 Å². The summed E-state index contributed by atoms with van der Waals surface area (Å²) < 4.78 is 18.8.